The minimum Gasteiger partial charge on any atom is -0.322 e. The molecule has 0 atom stereocenters. The van der Waals surface area contributed by atoms with Crippen LogP contribution < -0.4 is 5.32 Å². The normalized spacial score (nSPS) is 11.3. The Morgan fingerprint density at radius 1 is 1.14 bits per heavy atom. The van der Waals surface area contributed by atoms with Crippen LogP contribution in [-0.2, 0) is 6.18 Å². The van der Waals surface area contributed by atoms with Crippen LogP contribution in [0, 0.1) is 13.8 Å². The van der Waals surface area contributed by atoms with Crippen molar-refractivity contribution in [2.24, 2.45) is 0 Å². The van der Waals surface area contributed by atoms with E-state index >= 15 is 0 Å². The predicted octanol–water partition coefficient (Wildman–Crippen LogP) is 3.97. The van der Waals surface area contributed by atoms with Crippen molar-refractivity contribution in [1.82, 2.24) is 4.98 Å². The number of nitrogens with zero attached hydrogens (tertiary/aromatic N) is 1. The van der Waals surface area contributed by atoms with Crippen LogP contribution in [0.4, 0.5) is 18.9 Å². The van der Waals surface area contributed by atoms with Gasteiger partial charge in [0.05, 0.1) is 11.3 Å². The van der Waals surface area contributed by atoms with Gasteiger partial charge >= 0.3 is 6.18 Å². The molecule has 1 N–H and O–H groups in total. The second-order valence-electron chi connectivity index (χ2n) is 4.65. The molecule has 0 spiro atoms. The topological polar surface area (TPSA) is 42.0 Å². The van der Waals surface area contributed by atoms with E-state index in [0.717, 1.165) is 17.7 Å². The van der Waals surface area contributed by atoms with Gasteiger partial charge < -0.3 is 5.32 Å². The summed E-state index contributed by atoms with van der Waals surface area (Å²) in [5.74, 6) is -0.487. The van der Waals surface area contributed by atoms with Crippen molar-refractivity contribution >= 4 is 11.6 Å². The van der Waals surface area contributed by atoms with Gasteiger partial charge in [-0.15, -0.1) is 0 Å². The first-order valence-corrected chi connectivity index (χ1v) is 6.20. The Kier molecular flexibility index (Phi) is 3.97. The summed E-state index contributed by atoms with van der Waals surface area (Å²) in [6.45, 7) is 3.25. The third-order valence-corrected chi connectivity index (χ3v) is 2.90. The number of nitrogens with one attached hydrogen (secondary N) is 1. The Hall–Kier alpha value is -2.37. The number of alkyl halides is 3. The Morgan fingerprint density at radius 2 is 1.86 bits per heavy atom. The van der Waals surface area contributed by atoms with E-state index < -0.39 is 17.8 Å². The number of carbonyl (C=O) groups excluding carboxylic acids is 1. The van der Waals surface area contributed by atoms with E-state index in [1.54, 1.807) is 18.2 Å². The molecule has 0 aliphatic rings. The van der Waals surface area contributed by atoms with Gasteiger partial charge in [0, 0.05) is 5.69 Å². The van der Waals surface area contributed by atoms with Crippen molar-refractivity contribution < 1.29 is 18.0 Å². The first-order chi connectivity index (χ1) is 9.77. The summed E-state index contributed by atoms with van der Waals surface area (Å²) < 4.78 is 37.6. The molecule has 1 aromatic heterocycles. The molecular formula is C15H13F3N2O. The Bertz CT molecular complexity index is 681. The van der Waals surface area contributed by atoms with Gasteiger partial charge in [-0.25, -0.2) is 4.98 Å². The number of halogens is 3. The largest absolute Gasteiger partial charge is 0.433 e. The number of amides is 1. The molecule has 1 heterocycles. The average molecular weight is 294 g/mol. The number of hydrogen-bond donors (Lipinski definition) is 1. The lowest BCUT2D eigenvalue weighted by Gasteiger charge is -2.10. The van der Waals surface area contributed by atoms with E-state index in [4.69, 9.17) is 0 Å². The highest BCUT2D eigenvalue weighted by Gasteiger charge is 2.33. The van der Waals surface area contributed by atoms with Crippen LogP contribution >= 0.6 is 0 Å². The van der Waals surface area contributed by atoms with E-state index in [1.807, 2.05) is 13.0 Å². The molecule has 0 radical (unpaired) electrons. The molecule has 0 saturated heterocycles. The van der Waals surface area contributed by atoms with Crippen LogP contribution in [0.5, 0.6) is 0 Å². The fourth-order valence-corrected chi connectivity index (χ4v) is 1.88. The standard InChI is InChI=1S/C15H13F3N2O/c1-9-4-3-5-11(8-9)20-14(21)12-6-7-13(15(16,17)18)19-10(12)2/h3-8H,1-2H3,(H,20,21). The maximum absolute atomic E-state index is 12.5. The van der Waals surface area contributed by atoms with Crippen molar-refractivity contribution in [3.63, 3.8) is 0 Å². The van der Waals surface area contributed by atoms with E-state index in [-0.39, 0.29) is 11.3 Å². The van der Waals surface area contributed by atoms with Gasteiger partial charge in [0.1, 0.15) is 5.69 Å². The second-order valence-corrected chi connectivity index (χ2v) is 4.65. The Labute approximate surface area is 119 Å². The van der Waals surface area contributed by atoms with Gasteiger partial charge in [0.2, 0.25) is 0 Å². The van der Waals surface area contributed by atoms with Crippen LogP contribution in [0.15, 0.2) is 36.4 Å². The molecule has 1 aromatic carbocycles. The van der Waals surface area contributed by atoms with Crippen LogP contribution in [0.25, 0.3) is 0 Å². The van der Waals surface area contributed by atoms with Gasteiger partial charge in [-0.05, 0) is 43.7 Å². The average Bonchev–Trinajstić information content (AvgIpc) is 2.37. The monoisotopic (exact) mass is 294 g/mol. The van der Waals surface area contributed by atoms with E-state index in [9.17, 15) is 18.0 Å². The predicted molar refractivity (Wildman–Crippen MR) is 73.1 cm³/mol. The summed E-state index contributed by atoms with van der Waals surface area (Å²) in [4.78, 5) is 15.5. The summed E-state index contributed by atoms with van der Waals surface area (Å²) in [5.41, 5.74) is 0.695. The highest BCUT2D eigenvalue weighted by atomic mass is 19.4. The van der Waals surface area contributed by atoms with Crippen LogP contribution in [-0.4, -0.2) is 10.9 Å². The van der Waals surface area contributed by atoms with E-state index in [2.05, 4.69) is 10.3 Å². The number of hydrogen-bond acceptors (Lipinski definition) is 2. The van der Waals surface area contributed by atoms with Gasteiger partial charge in [0.15, 0.2) is 0 Å². The highest BCUT2D eigenvalue weighted by molar-refractivity contribution is 6.05. The van der Waals surface area contributed by atoms with Gasteiger partial charge in [-0.2, -0.15) is 13.2 Å². The Balaban J connectivity index is 2.24. The molecule has 0 saturated carbocycles. The van der Waals surface area contributed by atoms with E-state index in [1.165, 1.54) is 6.92 Å². The lowest BCUT2D eigenvalue weighted by molar-refractivity contribution is -0.141. The minimum atomic E-state index is -4.52. The lowest BCUT2D eigenvalue weighted by Crippen LogP contribution is -2.16. The van der Waals surface area contributed by atoms with Crippen molar-refractivity contribution in [3.05, 3.63) is 58.9 Å². The molecule has 0 aliphatic carbocycles. The van der Waals surface area contributed by atoms with Crippen molar-refractivity contribution in [1.29, 1.82) is 0 Å². The molecule has 2 rings (SSSR count). The fourth-order valence-electron chi connectivity index (χ4n) is 1.88. The molecule has 0 unspecified atom stereocenters. The number of anilines is 1. The molecule has 1 amide bonds. The number of aryl methyl sites for hydroxylation is 2. The summed E-state index contributed by atoms with van der Waals surface area (Å²) in [7, 11) is 0. The molecule has 6 heteroatoms. The Morgan fingerprint density at radius 3 is 2.43 bits per heavy atom. The first kappa shape index (κ1) is 15.0. The molecule has 21 heavy (non-hydrogen) atoms. The van der Waals surface area contributed by atoms with Gasteiger partial charge in [0.25, 0.3) is 5.91 Å². The van der Waals surface area contributed by atoms with E-state index in [0.29, 0.717) is 5.69 Å². The van der Waals surface area contributed by atoms with Gasteiger partial charge in [-0.3, -0.25) is 4.79 Å². The summed E-state index contributed by atoms with van der Waals surface area (Å²) in [6.07, 6.45) is -4.52. The quantitative estimate of drug-likeness (QED) is 0.910. The first-order valence-electron chi connectivity index (χ1n) is 6.20. The minimum absolute atomic E-state index is 0.0370. The highest BCUT2D eigenvalue weighted by Crippen LogP contribution is 2.28. The fraction of sp³-hybridized carbons (Fsp3) is 0.200. The number of rotatable bonds is 2. The van der Waals surface area contributed by atoms with Crippen LogP contribution in [0.2, 0.25) is 0 Å². The zero-order valence-electron chi connectivity index (χ0n) is 11.5. The number of benzene rings is 1. The molecular weight excluding hydrogens is 281 g/mol. The number of aromatic nitrogens is 1. The number of carbonyl (C=O) groups is 1. The maximum atomic E-state index is 12.5. The summed E-state index contributed by atoms with van der Waals surface area (Å²) in [5, 5.41) is 2.64. The molecule has 110 valence electrons. The SMILES string of the molecule is Cc1cccc(NC(=O)c2ccc(C(F)(F)F)nc2C)c1. The van der Waals surface area contributed by atoms with Crippen molar-refractivity contribution in [2.45, 2.75) is 20.0 Å². The zero-order valence-corrected chi connectivity index (χ0v) is 11.5. The maximum Gasteiger partial charge on any atom is 0.433 e. The van der Waals surface area contributed by atoms with Crippen LogP contribution in [0.1, 0.15) is 27.3 Å². The second kappa shape index (κ2) is 5.55. The van der Waals surface area contributed by atoms with Crippen LogP contribution in [0.3, 0.4) is 0 Å². The zero-order chi connectivity index (χ0) is 15.6. The van der Waals surface area contributed by atoms with Gasteiger partial charge in [-0.1, -0.05) is 12.1 Å². The van der Waals surface area contributed by atoms with Crippen molar-refractivity contribution in [2.75, 3.05) is 5.32 Å². The smallest absolute Gasteiger partial charge is 0.322 e. The third kappa shape index (κ3) is 3.59. The molecule has 0 aliphatic heterocycles. The summed E-state index contributed by atoms with van der Waals surface area (Å²) >= 11 is 0. The lowest BCUT2D eigenvalue weighted by atomic mass is 10.1. The molecule has 0 bridgehead atoms. The van der Waals surface area contributed by atoms with Crippen molar-refractivity contribution in [3.8, 4) is 0 Å². The summed E-state index contributed by atoms with van der Waals surface area (Å²) in [6, 6.07) is 9.07. The molecule has 2 aromatic rings. The number of pyridine rings is 1. The molecule has 3 nitrogen and oxygen atoms in total. The third-order valence-electron chi connectivity index (χ3n) is 2.90. The molecule has 0 fully saturated rings.